The molecule has 2 aliphatic heterocycles. The summed E-state index contributed by atoms with van der Waals surface area (Å²) >= 11 is 6.03. The van der Waals surface area contributed by atoms with Crippen LogP contribution < -0.4 is 10.4 Å². The Kier molecular flexibility index (Phi) is 9.85. The summed E-state index contributed by atoms with van der Waals surface area (Å²) < 4.78 is 50.0. The molecule has 0 amide bonds. The zero-order chi connectivity index (χ0) is 32.1. The molecular formula is C22H19ClN5O15P. The molecule has 22 heteroatoms. The number of hydrogen-bond donors (Lipinski definition) is 2. The third kappa shape index (κ3) is 7.32. The lowest BCUT2D eigenvalue weighted by Gasteiger charge is -2.33. The summed E-state index contributed by atoms with van der Waals surface area (Å²) in [5.41, 5.74) is 5.90. The fraction of sp³-hybridized carbons (Fsp3) is 0.364. The van der Waals surface area contributed by atoms with E-state index in [1.807, 2.05) is 0 Å². The molecule has 1 aromatic carbocycles. The lowest BCUT2D eigenvalue weighted by Crippen LogP contribution is -2.49. The Morgan fingerprint density at radius 1 is 1.27 bits per heavy atom. The van der Waals surface area contributed by atoms with E-state index >= 15 is 0 Å². The van der Waals surface area contributed by atoms with E-state index < -0.39 is 74.5 Å². The van der Waals surface area contributed by atoms with Crippen LogP contribution in [-0.4, -0.2) is 75.5 Å². The molecule has 20 nitrogen and oxygen atoms in total. The van der Waals surface area contributed by atoms with E-state index in [4.69, 9.17) is 44.5 Å². The van der Waals surface area contributed by atoms with E-state index in [0.29, 0.717) is 15.2 Å². The molecule has 1 unspecified atom stereocenters. The highest BCUT2D eigenvalue weighted by Crippen LogP contribution is 2.58. The predicted molar refractivity (Wildman–Crippen MR) is 137 cm³/mol. The topological polar surface area (TPSA) is 274 Å². The number of carbonyl (C=O) groups excluding carboxylic acids is 2. The number of phosphoric acid groups is 1. The Labute approximate surface area is 249 Å². The van der Waals surface area contributed by atoms with E-state index in [9.17, 15) is 39.2 Å². The second kappa shape index (κ2) is 13.4. The van der Waals surface area contributed by atoms with Gasteiger partial charge in [-0.1, -0.05) is 28.8 Å². The number of aromatic nitrogens is 2. The van der Waals surface area contributed by atoms with Gasteiger partial charge in [0.1, 0.15) is 0 Å². The number of carbonyl (C=O) groups is 4. The maximum absolute atomic E-state index is 13.5. The zero-order valence-corrected chi connectivity index (χ0v) is 23.4. The van der Waals surface area contributed by atoms with E-state index in [-0.39, 0.29) is 19.3 Å². The number of aldehydes is 1. The molecule has 2 aliphatic rings. The third-order valence-corrected chi connectivity index (χ3v) is 7.64. The molecule has 0 aliphatic carbocycles. The molecule has 0 bridgehead atoms. The van der Waals surface area contributed by atoms with Gasteiger partial charge >= 0.3 is 31.8 Å². The maximum atomic E-state index is 13.5. The van der Waals surface area contributed by atoms with Crippen LogP contribution in [0.3, 0.4) is 0 Å². The van der Waals surface area contributed by atoms with E-state index in [0.717, 1.165) is 12.3 Å². The minimum Gasteiger partial charge on any atom is -0.450 e. The minimum atomic E-state index is -4.53. The molecular weight excluding hydrogens is 641 g/mol. The van der Waals surface area contributed by atoms with Gasteiger partial charge in [0.05, 0.1) is 19.3 Å². The van der Waals surface area contributed by atoms with Crippen molar-refractivity contribution < 1.29 is 66.5 Å². The van der Waals surface area contributed by atoms with Crippen molar-refractivity contribution in [3.05, 3.63) is 68.0 Å². The van der Waals surface area contributed by atoms with E-state index in [1.165, 1.54) is 0 Å². The quantitative estimate of drug-likeness (QED) is 0.0705. The number of phosphoric ester groups is 1. The van der Waals surface area contributed by atoms with Crippen molar-refractivity contribution in [3.8, 4) is 5.88 Å². The summed E-state index contributed by atoms with van der Waals surface area (Å²) in [6, 6.07) is 7.28. The highest BCUT2D eigenvalue weighted by Gasteiger charge is 2.62. The van der Waals surface area contributed by atoms with Gasteiger partial charge < -0.3 is 29.2 Å². The van der Waals surface area contributed by atoms with Crippen molar-refractivity contribution >= 4 is 44.0 Å². The number of hydrogen-bond acceptors (Lipinski definition) is 15. The average molecular weight is 660 g/mol. The van der Waals surface area contributed by atoms with Crippen LogP contribution in [0.2, 0.25) is 5.02 Å². The number of carboxylic acid groups (broad SMARTS) is 2. The van der Waals surface area contributed by atoms with E-state index in [1.54, 1.807) is 24.3 Å². The number of azide groups is 1. The molecule has 4 rings (SSSR count). The van der Waals surface area contributed by atoms with Gasteiger partial charge in [-0.2, -0.15) is 4.98 Å². The molecule has 2 aromatic rings. The van der Waals surface area contributed by atoms with E-state index in [2.05, 4.69) is 19.7 Å². The fourth-order valence-corrected chi connectivity index (χ4v) is 5.84. The minimum absolute atomic E-state index is 0.146. The van der Waals surface area contributed by atoms with Crippen molar-refractivity contribution in [3.63, 3.8) is 0 Å². The highest BCUT2D eigenvalue weighted by molar-refractivity contribution is 7.48. The van der Waals surface area contributed by atoms with Gasteiger partial charge in [-0.05, 0) is 23.2 Å². The number of rotatable bonds is 10. The van der Waals surface area contributed by atoms with Crippen LogP contribution >= 0.6 is 19.4 Å². The summed E-state index contributed by atoms with van der Waals surface area (Å²) in [5.74, 6) is -2.30. The van der Waals surface area contributed by atoms with Crippen LogP contribution in [0, 0.1) is 0 Å². The summed E-state index contributed by atoms with van der Waals surface area (Å²) in [6.07, 6.45) is -10.1. The molecule has 3 heterocycles. The Morgan fingerprint density at radius 3 is 2.68 bits per heavy atom. The second-order valence-electron chi connectivity index (χ2n) is 8.68. The first-order valence-electron chi connectivity index (χ1n) is 12.0. The van der Waals surface area contributed by atoms with Crippen LogP contribution in [0.5, 0.6) is 5.88 Å². The number of halogens is 1. The molecule has 44 heavy (non-hydrogen) atoms. The van der Waals surface area contributed by atoms with Gasteiger partial charge in [0.15, 0.2) is 18.4 Å². The van der Waals surface area contributed by atoms with Crippen molar-refractivity contribution in [2.45, 2.75) is 36.7 Å². The first-order chi connectivity index (χ1) is 20.9. The molecule has 0 radical (unpaired) electrons. The van der Waals surface area contributed by atoms with Crippen LogP contribution in [0.1, 0.15) is 24.3 Å². The van der Waals surface area contributed by atoms with Gasteiger partial charge in [0.2, 0.25) is 17.9 Å². The molecule has 0 spiro atoms. The van der Waals surface area contributed by atoms with Gasteiger partial charge in [0, 0.05) is 28.6 Å². The highest BCUT2D eigenvalue weighted by atomic mass is 35.5. The number of benzene rings is 1. The maximum Gasteiger partial charge on any atom is 0.512 e. The summed E-state index contributed by atoms with van der Waals surface area (Å²) in [4.78, 5) is 64.3. The molecule has 2 fully saturated rings. The third-order valence-electron chi connectivity index (χ3n) is 5.95. The Bertz CT molecular complexity index is 1620. The van der Waals surface area contributed by atoms with Crippen molar-refractivity contribution in [1.82, 2.24) is 9.55 Å². The average Bonchev–Trinajstić information content (AvgIpc) is 3.23. The van der Waals surface area contributed by atoms with Gasteiger partial charge in [-0.3, -0.25) is 22.9 Å². The van der Waals surface area contributed by atoms with Crippen LogP contribution in [-0.2, 0) is 41.9 Å². The van der Waals surface area contributed by atoms with Crippen molar-refractivity contribution in [2.75, 3.05) is 13.2 Å². The molecule has 234 valence electrons. The number of ether oxygens (including phenoxy) is 4. The monoisotopic (exact) mass is 659 g/mol. The van der Waals surface area contributed by atoms with Crippen LogP contribution in [0.4, 0.5) is 9.59 Å². The van der Waals surface area contributed by atoms with Gasteiger partial charge in [0.25, 0.3) is 0 Å². The van der Waals surface area contributed by atoms with Crippen LogP contribution in [0.25, 0.3) is 10.4 Å². The molecule has 2 saturated heterocycles. The second-order valence-corrected chi connectivity index (χ2v) is 10.7. The molecule has 0 saturated carbocycles. The van der Waals surface area contributed by atoms with Gasteiger partial charge in [-0.15, -0.1) is 0 Å². The number of esters is 1. The summed E-state index contributed by atoms with van der Waals surface area (Å²) in [7, 11) is -4.53. The standard InChI is InChI=1S/C22H19ClN5O15P/c23-12-3-1-2-11(8-12)13-5-7-37-44(36,43-13)38-10-22(26-27-24)17(40-15(30)9-29)16(41-21(34)35)18(42-22)28-6-4-14(25-19(28)31)39-20(32)33/h1-4,6,8-9,13,16-18H,5,7,10H2,(H,32,33)(H,34,35)/t13-,16+,17-,18?,22+,44+/m0/s1. The zero-order valence-electron chi connectivity index (χ0n) is 21.7. The predicted octanol–water partition coefficient (Wildman–Crippen LogP) is 2.97. The van der Waals surface area contributed by atoms with Crippen molar-refractivity contribution in [2.24, 2.45) is 5.11 Å². The first kappa shape index (κ1) is 32.4. The lowest BCUT2D eigenvalue weighted by atomic mass is 10.1. The first-order valence-corrected chi connectivity index (χ1v) is 13.8. The van der Waals surface area contributed by atoms with Crippen molar-refractivity contribution in [1.29, 1.82) is 0 Å². The Balaban J connectivity index is 1.72. The Hall–Kier alpha value is -4.55. The lowest BCUT2D eigenvalue weighted by molar-refractivity contribution is -0.169. The molecule has 1 aromatic heterocycles. The molecule has 2 N–H and O–H groups in total. The smallest absolute Gasteiger partial charge is 0.450 e. The largest absolute Gasteiger partial charge is 0.512 e. The summed E-state index contributed by atoms with van der Waals surface area (Å²) in [5, 5.41) is 21.9. The normalized spacial score (nSPS) is 27.8. The summed E-state index contributed by atoms with van der Waals surface area (Å²) in [6.45, 7) is -1.29. The Morgan fingerprint density at radius 2 is 2.05 bits per heavy atom. The fourth-order valence-electron chi connectivity index (χ4n) is 4.24. The van der Waals surface area contributed by atoms with Gasteiger partial charge in [-0.25, -0.2) is 23.7 Å². The SMILES string of the molecule is [N-]=[N+]=N[C@]1(CO[P@@]2(=O)OCC[C@@H](c3cccc(Cl)c3)O2)OC(n2ccc(OC(=O)O)nc2=O)[C@H](OC(=O)O)[C@@H]1OC(=O)C=O. The molecule has 6 atom stereocenters. The number of nitrogens with zero attached hydrogens (tertiary/aromatic N) is 5. The van der Waals surface area contributed by atoms with Crippen LogP contribution in [0.15, 0.2) is 46.4 Å².